The van der Waals surface area contributed by atoms with Crippen LogP contribution in [0.15, 0.2) is 24.3 Å². The van der Waals surface area contributed by atoms with E-state index in [0.717, 1.165) is 12.1 Å². The number of nitrogens with one attached hydrogen (secondary N) is 3. The van der Waals surface area contributed by atoms with Gasteiger partial charge >= 0.3 is 0 Å². The zero-order valence-corrected chi connectivity index (χ0v) is 12.4. The molecule has 0 aliphatic rings. The number of carbonyl (C=O) groups is 1. The fourth-order valence-electron chi connectivity index (χ4n) is 1.58. The van der Waals surface area contributed by atoms with Crippen molar-refractivity contribution in [3.8, 4) is 0 Å². The second-order valence-corrected chi connectivity index (χ2v) is 4.67. The average molecular weight is 279 g/mol. The molecule has 0 heterocycles. The van der Waals surface area contributed by atoms with E-state index in [1.165, 1.54) is 5.56 Å². The highest BCUT2D eigenvalue weighted by molar-refractivity contribution is 7.80. The maximum atomic E-state index is 11.6. The summed E-state index contributed by atoms with van der Waals surface area (Å²) in [6, 6.07) is 7.71. The maximum Gasteiger partial charge on any atom is 0.242 e. The highest BCUT2D eigenvalue weighted by Gasteiger charge is 2.12. The van der Waals surface area contributed by atoms with E-state index in [-0.39, 0.29) is 11.9 Å². The largest absolute Gasteiger partial charge is 0.355 e. The molecule has 104 valence electrons. The van der Waals surface area contributed by atoms with E-state index in [1.54, 1.807) is 6.92 Å². The van der Waals surface area contributed by atoms with Gasteiger partial charge in [-0.25, -0.2) is 0 Å². The highest BCUT2D eigenvalue weighted by Crippen LogP contribution is 2.09. The molecule has 5 heteroatoms. The van der Waals surface area contributed by atoms with Crippen molar-refractivity contribution in [2.45, 2.75) is 33.2 Å². The lowest BCUT2D eigenvalue weighted by Crippen LogP contribution is -2.46. The summed E-state index contributed by atoms with van der Waals surface area (Å²) in [5.41, 5.74) is 2.19. The van der Waals surface area contributed by atoms with Crippen LogP contribution < -0.4 is 16.0 Å². The van der Waals surface area contributed by atoms with Gasteiger partial charge < -0.3 is 16.0 Å². The Morgan fingerprint density at radius 1 is 1.26 bits per heavy atom. The van der Waals surface area contributed by atoms with Crippen LogP contribution in [0.5, 0.6) is 0 Å². The molecule has 0 bridgehead atoms. The van der Waals surface area contributed by atoms with Crippen LogP contribution in [-0.2, 0) is 11.2 Å². The topological polar surface area (TPSA) is 53.2 Å². The number of hydrogen-bond donors (Lipinski definition) is 3. The van der Waals surface area contributed by atoms with E-state index >= 15 is 0 Å². The fourth-order valence-corrected chi connectivity index (χ4v) is 1.88. The zero-order valence-electron chi connectivity index (χ0n) is 11.6. The molecule has 0 spiro atoms. The number of thiocarbonyl (C=S) groups is 1. The van der Waals surface area contributed by atoms with Gasteiger partial charge in [-0.15, -0.1) is 0 Å². The molecule has 0 saturated heterocycles. The highest BCUT2D eigenvalue weighted by atomic mass is 32.1. The maximum absolute atomic E-state index is 11.6. The summed E-state index contributed by atoms with van der Waals surface area (Å²) >= 11 is 5.17. The smallest absolute Gasteiger partial charge is 0.242 e. The Morgan fingerprint density at radius 2 is 1.89 bits per heavy atom. The van der Waals surface area contributed by atoms with Gasteiger partial charge in [0.25, 0.3) is 0 Å². The third kappa shape index (κ3) is 5.26. The first-order valence-corrected chi connectivity index (χ1v) is 6.91. The van der Waals surface area contributed by atoms with Crippen LogP contribution in [0.25, 0.3) is 0 Å². The molecule has 0 aliphatic carbocycles. The lowest BCUT2D eigenvalue weighted by Gasteiger charge is -2.16. The Bertz CT molecular complexity index is 431. The van der Waals surface area contributed by atoms with Gasteiger partial charge in [0.2, 0.25) is 5.91 Å². The van der Waals surface area contributed by atoms with Gasteiger partial charge in [0, 0.05) is 12.2 Å². The molecular weight excluding hydrogens is 258 g/mol. The van der Waals surface area contributed by atoms with E-state index in [0.29, 0.717) is 11.7 Å². The molecule has 3 N–H and O–H groups in total. The summed E-state index contributed by atoms with van der Waals surface area (Å²) in [5, 5.41) is 9.20. The van der Waals surface area contributed by atoms with E-state index in [1.807, 2.05) is 19.1 Å². The molecule has 0 radical (unpaired) electrons. The molecule has 0 aliphatic heterocycles. The van der Waals surface area contributed by atoms with E-state index < -0.39 is 0 Å². The van der Waals surface area contributed by atoms with Crippen molar-refractivity contribution in [1.29, 1.82) is 0 Å². The molecule has 1 aromatic rings. The van der Waals surface area contributed by atoms with Gasteiger partial charge in [-0.2, -0.15) is 0 Å². The SMILES string of the molecule is CCNC(=O)[C@H](C)NC(=S)Nc1ccc(CC)cc1. The van der Waals surface area contributed by atoms with Crippen LogP contribution in [0.1, 0.15) is 26.3 Å². The zero-order chi connectivity index (χ0) is 14.3. The summed E-state index contributed by atoms with van der Waals surface area (Å²) in [5.74, 6) is -0.0621. The molecule has 1 amide bonds. The quantitative estimate of drug-likeness (QED) is 0.722. The Balaban J connectivity index is 2.48. The lowest BCUT2D eigenvalue weighted by atomic mass is 10.1. The third-order valence-electron chi connectivity index (χ3n) is 2.71. The van der Waals surface area contributed by atoms with Crippen molar-refractivity contribution >= 4 is 28.9 Å². The van der Waals surface area contributed by atoms with Gasteiger partial charge in [-0.05, 0) is 50.2 Å². The molecule has 1 atom stereocenters. The van der Waals surface area contributed by atoms with Gasteiger partial charge in [0.15, 0.2) is 5.11 Å². The van der Waals surface area contributed by atoms with Gasteiger partial charge in [-0.1, -0.05) is 19.1 Å². The summed E-state index contributed by atoms with van der Waals surface area (Å²) < 4.78 is 0. The molecule has 0 saturated carbocycles. The van der Waals surface area contributed by atoms with Crippen molar-refractivity contribution in [3.05, 3.63) is 29.8 Å². The molecular formula is C14H21N3OS. The number of rotatable bonds is 5. The minimum atomic E-state index is -0.352. The first-order valence-electron chi connectivity index (χ1n) is 6.51. The summed E-state index contributed by atoms with van der Waals surface area (Å²) in [4.78, 5) is 11.6. The number of aryl methyl sites for hydroxylation is 1. The number of likely N-dealkylation sites (N-methyl/N-ethyl adjacent to an activating group) is 1. The second kappa shape index (κ2) is 7.74. The average Bonchev–Trinajstić information content (AvgIpc) is 2.39. The summed E-state index contributed by atoms with van der Waals surface area (Å²) in [7, 11) is 0. The van der Waals surface area contributed by atoms with Crippen molar-refractivity contribution < 1.29 is 4.79 Å². The first kappa shape index (κ1) is 15.4. The van der Waals surface area contributed by atoms with E-state index in [4.69, 9.17) is 12.2 Å². The third-order valence-corrected chi connectivity index (χ3v) is 2.93. The molecule has 1 aromatic carbocycles. The number of anilines is 1. The predicted molar refractivity (Wildman–Crippen MR) is 83.3 cm³/mol. The summed E-state index contributed by atoms with van der Waals surface area (Å²) in [6.45, 7) is 6.39. The van der Waals surface area contributed by atoms with Crippen LogP contribution in [-0.4, -0.2) is 23.6 Å². The van der Waals surface area contributed by atoms with E-state index in [2.05, 4.69) is 35.0 Å². The minimum absolute atomic E-state index is 0.0621. The Morgan fingerprint density at radius 3 is 2.42 bits per heavy atom. The standard InChI is InChI=1S/C14H21N3OS/c1-4-11-6-8-12(9-7-11)17-14(19)16-10(3)13(18)15-5-2/h6-10H,4-5H2,1-3H3,(H,15,18)(H2,16,17,19)/t10-/m0/s1. The van der Waals surface area contributed by atoms with Crippen molar-refractivity contribution in [1.82, 2.24) is 10.6 Å². The Labute approximate surface area is 120 Å². The minimum Gasteiger partial charge on any atom is -0.355 e. The summed E-state index contributed by atoms with van der Waals surface area (Å²) in [6.07, 6.45) is 1.01. The number of amides is 1. The first-order chi connectivity index (χ1) is 9.06. The van der Waals surface area contributed by atoms with Gasteiger partial charge in [-0.3, -0.25) is 4.79 Å². The fraction of sp³-hybridized carbons (Fsp3) is 0.429. The molecule has 0 unspecified atom stereocenters. The van der Waals surface area contributed by atoms with Crippen LogP contribution in [0.2, 0.25) is 0 Å². The van der Waals surface area contributed by atoms with Crippen molar-refractivity contribution in [3.63, 3.8) is 0 Å². The molecule has 4 nitrogen and oxygen atoms in total. The van der Waals surface area contributed by atoms with Crippen molar-refractivity contribution in [2.24, 2.45) is 0 Å². The van der Waals surface area contributed by atoms with Crippen LogP contribution in [0, 0.1) is 0 Å². The van der Waals surface area contributed by atoms with E-state index in [9.17, 15) is 4.79 Å². The van der Waals surface area contributed by atoms with Crippen molar-refractivity contribution in [2.75, 3.05) is 11.9 Å². The second-order valence-electron chi connectivity index (χ2n) is 4.27. The van der Waals surface area contributed by atoms with Crippen LogP contribution in [0.4, 0.5) is 5.69 Å². The number of benzene rings is 1. The molecule has 1 rings (SSSR count). The molecule has 19 heavy (non-hydrogen) atoms. The normalized spacial score (nSPS) is 11.5. The van der Waals surface area contributed by atoms with Gasteiger partial charge in [0.1, 0.15) is 6.04 Å². The number of hydrogen-bond acceptors (Lipinski definition) is 2. The molecule has 0 aromatic heterocycles. The Kier molecular flexibility index (Phi) is 6.29. The van der Waals surface area contributed by atoms with Crippen LogP contribution >= 0.6 is 12.2 Å². The molecule has 0 fully saturated rings. The lowest BCUT2D eigenvalue weighted by molar-refractivity contribution is -0.122. The number of carbonyl (C=O) groups excluding carboxylic acids is 1. The Hall–Kier alpha value is -1.62. The van der Waals surface area contributed by atoms with Gasteiger partial charge in [0.05, 0.1) is 0 Å². The monoisotopic (exact) mass is 279 g/mol. The van der Waals surface area contributed by atoms with Crippen LogP contribution in [0.3, 0.4) is 0 Å². The predicted octanol–water partition coefficient (Wildman–Crippen LogP) is 2.06.